The first-order valence-electron chi connectivity index (χ1n) is 6.03. The van der Waals surface area contributed by atoms with Gasteiger partial charge in [-0.3, -0.25) is 0 Å². The minimum atomic E-state index is -0.147. The van der Waals surface area contributed by atoms with Gasteiger partial charge in [-0.05, 0) is 38.8 Å². The number of aliphatic hydroxyl groups is 1. The predicted octanol–water partition coefficient (Wildman–Crippen LogP) is 0.935. The average molecular weight is 214 g/mol. The van der Waals surface area contributed by atoms with Gasteiger partial charge in [0, 0.05) is 13.1 Å². The fraction of sp³-hybridized carbons (Fsp3) is 1.00. The zero-order chi connectivity index (χ0) is 11.5. The molecule has 0 aromatic carbocycles. The van der Waals surface area contributed by atoms with Gasteiger partial charge < -0.3 is 15.3 Å². The summed E-state index contributed by atoms with van der Waals surface area (Å²) < 4.78 is 0. The summed E-state index contributed by atoms with van der Waals surface area (Å²) in [5.41, 5.74) is -0.147. The average Bonchev–Trinajstić information content (AvgIpc) is 2.66. The summed E-state index contributed by atoms with van der Waals surface area (Å²) in [7, 11) is 1.92. The fourth-order valence-corrected chi connectivity index (χ4v) is 2.25. The molecule has 0 bridgehead atoms. The predicted molar refractivity (Wildman–Crippen MR) is 63.9 cm³/mol. The van der Waals surface area contributed by atoms with Gasteiger partial charge in [0.1, 0.15) is 0 Å². The molecule has 3 nitrogen and oxygen atoms in total. The maximum Gasteiger partial charge on any atom is 0.0623 e. The molecule has 0 aromatic heterocycles. The third kappa shape index (κ3) is 3.44. The molecule has 2 N–H and O–H groups in total. The Bertz CT molecular complexity index is 190. The van der Waals surface area contributed by atoms with Gasteiger partial charge in [0.2, 0.25) is 0 Å². The molecule has 1 rings (SSSR count). The molecule has 0 aliphatic carbocycles. The van der Waals surface area contributed by atoms with Crippen LogP contribution in [0, 0.1) is 11.8 Å². The molecular weight excluding hydrogens is 188 g/mol. The normalized spacial score (nSPS) is 27.2. The summed E-state index contributed by atoms with van der Waals surface area (Å²) in [6.45, 7) is 10.2. The van der Waals surface area contributed by atoms with E-state index in [0.29, 0.717) is 0 Å². The van der Waals surface area contributed by atoms with Crippen molar-refractivity contribution in [2.45, 2.75) is 32.7 Å². The van der Waals surface area contributed by atoms with E-state index >= 15 is 0 Å². The van der Waals surface area contributed by atoms with Crippen molar-refractivity contribution in [1.29, 1.82) is 0 Å². The van der Waals surface area contributed by atoms with E-state index in [1.54, 1.807) is 0 Å². The molecule has 15 heavy (non-hydrogen) atoms. The minimum Gasteiger partial charge on any atom is -0.394 e. The summed E-state index contributed by atoms with van der Waals surface area (Å²) in [6.07, 6.45) is 1.31. The maximum atomic E-state index is 9.33. The molecule has 3 heteroatoms. The Labute approximate surface area is 93.9 Å². The lowest BCUT2D eigenvalue weighted by atomic mass is 9.95. The first kappa shape index (κ1) is 12.9. The van der Waals surface area contributed by atoms with Crippen LogP contribution in [0.25, 0.3) is 0 Å². The van der Waals surface area contributed by atoms with Crippen LogP contribution in [0.5, 0.6) is 0 Å². The molecule has 1 aliphatic heterocycles. The summed E-state index contributed by atoms with van der Waals surface area (Å²) in [5, 5.41) is 12.5. The first-order chi connectivity index (χ1) is 7.00. The first-order valence-corrected chi connectivity index (χ1v) is 6.03. The van der Waals surface area contributed by atoms with Crippen molar-refractivity contribution in [2.24, 2.45) is 11.8 Å². The van der Waals surface area contributed by atoms with Crippen LogP contribution < -0.4 is 5.32 Å². The highest BCUT2D eigenvalue weighted by Gasteiger charge is 2.30. The molecule has 1 fully saturated rings. The number of aliphatic hydroxyl groups excluding tert-OH is 1. The molecule has 90 valence electrons. The molecule has 2 atom stereocenters. The largest absolute Gasteiger partial charge is 0.394 e. The Hall–Kier alpha value is -0.120. The van der Waals surface area contributed by atoms with E-state index in [9.17, 15) is 5.11 Å². The third-order valence-corrected chi connectivity index (χ3v) is 3.78. The minimum absolute atomic E-state index is 0.147. The van der Waals surface area contributed by atoms with Crippen molar-refractivity contribution in [2.75, 3.05) is 33.3 Å². The number of likely N-dealkylation sites (tertiary alicyclic amines) is 1. The van der Waals surface area contributed by atoms with E-state index in [4.69, 9.17) is 0 Å². The number of nitrogens with one attached hydrogen (secondary N) is 1. The quantitative estimate of drug-likeness (QED) is 0.715. The molecule has 1 aliphatic rings. The van der Waals surface area contributed by atoms with Crippen molar-refractivity contribution in [1.82, 2.24) is 10.2 Å². The van der Waals surface area contributed by atoms with Crippen LogP contribution in [-0.4, -0.2) is 48.8 Å². The van der Waals surface area contributed by atoms with E-state index < -0.39 is 0 Å². The Morgan fingerprint density at radius 2 is 2.20 bits per heavy atom. The van der Waals surface area contributed by atoms with Gasteiger partial charge in [-0.1, -0.05) is 13.8 Å². The third-order valence-electron chi connectivity index (χ3n) is 3.78. The van der Waals surface area contributed by atoms with Gasteiger partial charge in [0.15, 0.2) is 0 Å². The second-order valence-corrected chi connectivity index (χ2v) is 5.50. The lowest BCUT2D eigenvalue weighted by Crippen LogP contribution is -2.52. The number of nitrogens with zero attached hydrogens (tertiary/aromatic N) is 1. The molecule has 0 radical (unpaired) electrons. The van der Waals surface area contributed by atoms with Crippen molar-refractivity contribution in [3.63, 3.8) is 0 Å². The van der Waals surface area contributed by atoms with Crippen molar-refractivity contribution in [3.05, 3.63) is 0 Å². The topological polar surface area (TPSA) is 35.5 Å². The SMILES string of the molecule is CNC(C)(CO)CN1CCC(C(C)C)C1. The van der Waals surface area contributed by atoms with Crippen molar-refractivity contribution >= 4 is 0 Å². The van der Waals surface area contributed by atoms with Gasteiger partial charge >= 0.3 is 0 Å². The Morgan fingerprint density at radius 1 is 1.53 bits per heavy atom. The lowest BCUT2D eigenvalue weighted by Gasteiger charge is -2.32. The van der Waals surface area contributed by atoms with E-state index in [1.165, 1.54) is 19.5 Å². The fourth-order valence-electron chi connectivity index (χ4n) is 2.25. The zero-order valence-corrected chi connectivity index (χ0v) is 10.6. The van der Waals surface area contributed by atoms with E-state index in [2.05, 4.69) is 31.0 Å². The molecular formula is C12H26N2O. The van der Waals surface area contributed by atoms with Gasteiger partial charge in [-0.15, -0.1) is 0 Å². The highest BCUT2D eigenvalue weighted by Crippen LogP contribution is 2.24. The zero-order valence-electron chi connectivity index (χ0n) is 10.6. The number of hydrogen-bond donors (Lipinski definition) is 2. The highest BCUT2D eigenvalue weighted by atomic mass is 16.3. The Morgan fingerprint density at radius 3 is 2.60 bits per heavy atom. The molecule has 0 saturated carbocycles. The van der Waals surface area contributed by atoms with Crippen LogP contribution in [0.2, 0.25) is 0 Å². The van der Waals surface area contributed by atoms with Gasteiger partial charge in [-0.25, -0.2) is 0 Å². The van der Waals surface area contributed by atoms with Crippen molar-refractivity contribution in [3.8, 4) is 0 Å². The molecule has 1 saturated heterocycles. The van der Waals surface area contributed by atoms with Crippen molar-refractivity contribution < 1.29 is 5.11 Å². The molecule has 1 heterocycles. The van der Waals surface area contributed by atoms with Crippen LogP contribution in [0.3, 0.4) is 0 Å². The molecule has 0 aromatic rings. The number of hydrogen-bond acceptors (Lipinski definition) is 3. The van der Waals surface area contributed by atoms with E-state index in [-0.39, 0.29) is 12.1 Å². The molecule has 2 unspecified atom stereocenters. The lowest BCUT2D eigenvalue weighted by molar-refractivity contribution is 0.135. The summed E-state index contributed by atoms with van der Waals surface area (Å²) in [4.78, 5) is 2.47. The number of rotatable bonds is 5. The monoisotopic (exact) mass is 214 g/mol. The standard InChI is InChI=1S/C12H26N2O/c1-10(2)11-5-6-14(7-11)8-12(3,9-15)13-4/h10-11,13,15H,5-9H2,1-4H3. The Balaban J connectivity index is 2.41. The molecule has 0 amide bonds. The van der Waals surface area contributed by atoms with Gasteiger partial charge in [0.05, 0.1) is 12.1 Å². The van der Waals surface area contributed by atoms with Gasteiger partial charge in [-0.2, -0.15) is 0 Å². The second-order valence-electron chi connectivity index (χ2n) is 5.50. The van der Waals surface area contributed by atoms with Crippen LogP contribution in [0.1, 0.15) is 27.2 Å². The van der Waals surface area contributed by atoms with Crippen LogP contribution in [-0.2, 0) is 0 Å². The summed E-state index contributed by atoms with van der Waals surface area (Å²) in [5.74, 6) is 1.62. The smallest absolute Gasteiger partial charge is 0.0623 e. The molecule has 0 spiro atoms. The van der Waals surface area contributed by atoms with Crippen LogP contribution >= 0.6 is 0 Å². The highest BCUT2D eigenvalue weighted by molar-refractivity contribution is 4.88. The van der Waals surface area contributed by atoms with Gasteiger partial charge in [0.25, 0.3) is 0 Å². The van der Waals surface area contributed by atoms with E-state index in [0.717, 1.165) is 18.4 Å². The van der Waals surface area contributed by atoms with E-state index in [1.807, 2.05) is 7.05 Å². The van der Waals surface area contributed by atoms with Crippen LogP contribution in [0.15, 0.2) is 0 Å². The second kappa shape index (κ2) is 5.28. The van der Waals surface area contributed by atoms with Crippen LogP contribution in [0.4, 0.5) is 0 Å². The summed E-state index contributed by atoms with van der Waals surface area (Å²) >= 11 is 0. The Kier molecular flexibility index (Phi) is 4.56. The number of likely N-dealkylation sites (N-methyl/N-ethyl adjacent to an activating group) is 1. The summed E-state index contributed by atoms with van der Waals surface area (Å²) in [6, 6.07) is 0. The maximum absolute atomic E-state index is 9.33.